The number of hydrogen-bond acceptors (Lipinski definition) is 3. The van der Waals surface area contributed by atoms with Gasteiger partial charge in [0.05, 0.1) is 12.7 Å². The topological polar surface area (TPSA) is 38.7 Å². The van der Waals surface area contributed by atoms with Gasteiger partial charge in [0, 0.05) is 7.11 Å². The molecule has 0 amide bonds. The van der Waals surface area contributed by atoms with Crippen LogP contribution in [-0.4, -0.2) is 36.6 Å². The van der Waals surface area contributed by atoms with Crippen LogP contribution in [-0.2, 0) is 9.47 Å². The largest absolute Gasteiger partial charge is 0.384 e. The molecule has 0 aliphatic carbocycles. The molecule has 0 spiro atoms. The molecule has 0 radical (unpaired) electrons. The van der Waals surface area contributed by atoms with Gasteiger partial charge in [-0.3, -0.25) is 0 Å². The quantitative estimate of drug-likeness (QED) is 0.752. The van der Waals surface area contributed by atoms with Gasteiger partial charge >= 0.3 is 0 Å². The Morgan fingerprint density at radius 2 is 2.21 bits per heavy atom. The summed E-state index contributed by atoms with van der Waals surface area (Å²) >= 11 is 0. The first-order chi connectivity index (χ1) is 6.56. The minimum atomic E-state index is -0.811. The molecule has 0 aromatic heterocycles. The highest BCUT2D eigenvalue weighted by Gasteiger charge is 2.50. The molecule has 0 saturated carbocycles. The van der Waals surface area contributed by atoms with Crippen molar-refractivity contribution in [3.63, 3.8) is 0 Å². The lowest BCUT2D eigenvalue weighted by atomic mass is 9.84. The zero-order valence-corrected chi connectivity index (χ0v) is 9.62. The fourth-order valence-electron chi connectivity index (χ4n) is 2.10. The van der Waals surface area contributed by atoms with Crippen molar-refractivity contribution >= 4 is 0 Å². The van der Waals surface area contributed by atoms with Crippen LogP contribution in [0, 0.1) is 5.92 Å². The second-order valence-electron chi connectivity index (χ2n) is 4.44. The third-order valence-electron chi connectivity index (χ3n) is 3.19. The van der Waals surface area contributed by atoms with Crippen LogP contribution in [0.4, 0.5) is 0 Å². The Hall–Kier alpha value is -0.120. The van der Waals surface area contributed by atoms with E-state index in [1.54, 1.807) is 7.11 Å². The molecule has 84 valence electrons. The summed E-state index contributed by atoms with van der Waals surface area (Å²) < 4.78 is 11.0. The summed E-state index contributed by atoms with van der Waals surface area (Å²) in [4.78, 5) is 0. The van der Waals surface area contributed by atoms with Gasteiger partial charge in [0.2, 0.25) is 0 Å². The van der Waals surface area contributed by atoms with E-state index in [4.69, 9.17) is 9.47 Å². The Kier molecular flexibility index (Phi) is 3.93. The van der Waals surface area contributed by atoms with Crippen LogP contribution in [0.2, 0.25) is 0 Å². The summed E-state index contributed by atoms with van der Waals surface area (Å²) in [5.74, 6) is 0.161. The molecule has 1 fully saturated rings. The maximum Gasteiger partial charge on any atom is 0.119 e. The molecule has 14 heavy (non-hydrogen) atoms. The smallest absolute Gasteiger partial charge is 0.119 e. The van der Waals surface area contributed by atoms with Crippen LogP contribution in [0.5, 0.6) is 0 Å². The minimum absolute atomic E-state index is 0.0531. The Morgan fingerprint density at radius 1 is 1.57 bits per heavy atom. The van der Waals surface area contributed by atoms with Crippen molar-refractivity contribution < 1.29 is 14.6 Å². The van der Waals surface area contributed by atoms with E-state index < -0.39 is 5.60 Å². The number of hydrogen-bond donors (Lipinski definition) is 1. The molecule has 1 aliphatic rings. The lowest BCUT2D eigenvalue weighted by Crippen LogP contribution is -2.49. The van der Waals surface area contributed by atoms with Gasteiger partial charge in [0.25, 0.3) is 0 Å². The van der Waals surface area contributed by atoms with Crippen molar-refractivity contribution in [1.82, 2.24) is 0 Å². The molecule has 1 saturated heterocycles. The Bertz CT molecular complexity index is 181. The second-order valence-corrected chi connectivity index (χ2v) is 4.44. The SMILES string of the molecule is CCC[C@H]1OCC(O)(C(C)C)C1OC. The average Bonchev–Trinajstić information content (AvgIpc) is 2.45. The summed E-state index contributed by atoms with van der Waals surface area (Å²) in [7, 11) is 1.65. The van der Waals surface area contributed by atoms with Crippen molar-refractivity contribution in [3.8, 4) is 0 Å². The van der Waals surface area contributed by atoms with Gasteiger partial charge in [0.15, 0.2) is 0 Å². The van der Waals surface area contributed by atoms with Crippen LogP contribution < -0.4 is 0 Å². The molecule has 1 rings (SSSR count). The second kappa shape index (κ2) is 4.60. The zero-order valence-electron chi connectivity index (χ0n) is 9.62. The minimum Gasteiger partial charge on any atom is -0.384 e. The fourth-order valence-corrected chi connectivity index (χ4v) is 2.10. The summed E-state index contributed by atoms with van der Waals surface area (Å²) in [6.07, 6.45) is 1.88. The van der Waals surface area contributed by atoms with Gasteiger partial charge in [-0.1, -0.05) is 27.2 Å². The van der Waals surface area contributed by atoms with Crippen LogP contribution in [0.3, 0.4) is 0 Å². The summed E-state index contributed by atoms with van der Waals surface area (Å²) in [6, 6.07) is 0. The first-order valence-corrected chi connectivity index (χ1v) is 5.43. The molecule has 1 aliphatic heterocycles. The zero-order chi connectivity index (χ0) is 10.8. The average molecular weight is 202 g/mol. The monoisotopic (exact) mass is 202 g/mol. The van der Waals surface area contributed by atoms with Gasteiger partial charge in [-0.15, -0.1) is 0 Å². The summed E-state index contributed by atoms with van der Waals surface area (Å²) in [5.41, 5.74) is -0.811. The van der Waals surface area contributed by atoms with E-state index in [0.717, 1.165) is 12.8 Å². The van der Waals surface area contributed by atoms with E-state index in [2.05, 4.69) is 6.92 Å². The predicted molar refractivity (Wildman–Crippen MR) is 55.2 cm³/mol. The summed E-state index contributed by atoms with van der Waals surface area (Å²) in [5, 5.41) is 10.4. The van der Waals surface area contributed by atoms with E-state index in [-0.39, 0.29) is 18.1 Å². The van der Waals surface area contributed by atoms with Gasteiger partial charge in [-0.25, -0.2) is 0 Å². The third-order valence-corrected chi connectivity index (χ3v) is 3.19. The van der Waals surface area contributed by atoms with E-state index >= 15 is 0 Å². The van der Waals surface area contributed by atoms with Gasteiger partial charge in [0.1, 0.15) is 11.7 Å². The van der Waals surface area contributed by atoms with Crippen LogP contribution in [0.15, 0.2) is 0 Å². The predicted octanol–water partition coefficient (Wildman–Crippen LogP) is 1.59. The third kappa shape index (κ3) is 1.95. The fraction of sp³-hybridized carbons (Fsp3) is 1.00. The number of ether oxygens (including phenoxy) is 2. The van der Waals surface area contributed by atoms with Gasteiger partial charge in [-0.2, -0.15) is 0 Å². The Labute approximate surface area is 86.4 Å². The Balaban J connectivity index is 2.72. The summed E-state index contributed by atoms with van der Waals surface area (Å²) in [6.45, 7) is 6.52. The van der Waals surface area contributed by atoms with E-state index in [1.165, 1.54) is 0 Å². The first-order valence-electron chi connectivity index (χ1n) is 5.43. The molecule has 0 aromatic rings. The van der Waals surface area contributed by atoms with Crippen molar-refractivity contribution in [3.05, 3.63) is 0 Å². The highest BCUT2D eigenvalue weighted by atomic mass is 16.6. The van der Waals surface area contributed by atoms with Crippen molar-refractivity contribution in [2.75, 3.05) is 13.7 Å². The van der Waals surface area contributed by atoms with Crippen molar-refractivity contribution in [2.24, 2.45) is 5.92 Å². The highest BCUT2D eigenvalue weighted by Crippen LogP contribution is 2.34. The number of methoxy groups -OCH3 is 1. The van der Waals surface area contributed by atoms with Crippen LogP contribution in [0.1, 0.15) is 33.6 Å². The molecule has 1 heterocycles. The Morgan fingerprint density at radius 3 is 2.64 bits per heavy atom. The highest BCUT2D eigenvalue weighted by molar-refractivity contribution is 4.99. The standard InChI is InChI=1S/C11H22O3/c1-5-6-9-10(13-4)11(12,7-14-9)8(2)3/h8-10,12H,5-7H2,1-4H3/t9-,10?,11?/m1/s1. The molecule has 2 unspecified atom stereocenters. The molecule has 0 aromatic carbocycles. The van der Waals surface area contributed by atoms with Gasteiger partial charge in [-0.05, 0) is 12.3 Å². The van der Waals surface area contributed by atoms with Crippen molar-refractivity contribution in [2.45, 2.75) is 51.4 Å². The van der Waals surface area contributed by atoms with Crippen LogP contribution in [0.25, 0.3) is 0 Å². The van der Waals surface area contributed by atoms with Crippen LogP contribution >= 0.6 is 0 Å². The molecule has 3 heteroatoms. The lowest BCUT2D eigenvalue weighted by molar-refractivity contribution is -0.0979. The maximum atomic E-state index is 10.4. The van der Waals surface area contributed by atoms with E-state index in [1.807, 2.05) is 13.8 Å². The van der Waals surface area contributed by atoms with E-state index in [9.17, 15) is 5.11 Å². The normalized spacial score (nSPS) is 38.1. The first kappa shape index (κ1) is 12.0. The number of aliphatic hydroxyl groups is 1. The molecular formula is C11H22O3. The maximum absolute atomic E-state index is 10.4. The lowest BCUT2D eigenvalue weighted by Gasteiger charge is -2.32. The number of rotatable bonds is 4. The molecule has 3 nitrogen and oxygen atoms in total. The molecule has 3 atom stereocenters. The molecule has 1 N–H and O–H groups in total. The van der Waals surface area contributed by atoms with Crippen molar-refractivity contribution in [1.29, 1.82) is 0 Å². The van der Waals surface area contributed by atoms with Gasteiger partial charge < -0.3 is 14.6 Å². The molecule has 0 bridgehead atoms. The van der Waals surface area contributed by atoms with E-state index in [0.29, 0.717) is 6.61 Å². The molecular weight excluding hydrogens is 180 g/mol.